The van der Waals surface area contributed by atoms with E-state index < -0.39 is 26.5 Å². The summed E-state index contributed by atoms with van der Waals surface area (Å²) in [7, 11) is -1.19. The van der Waals surface area contributed by atoms with E-state index in [0.29, 0.717) is 3.24 Å². The van der Waals surface area contributed by atoms with Gasteiger partial charge in [-0.05, 0) is 0 Å². The van der Waals surface area contributed by atoms with Gasteiger partial charge in [-0.1, -0.05) is 0 Å². The van der Waals surface area contributed by atoms with Crippen molar-refractivity contribution >= 4 is 26.5 Å². The first-order valence-electron chi connectivity index (χ1n) is 9.03. The number of hydrogen-bond donors (Lipinski definition) is 0. The Hall–Kier alpha value is 0.976. The SMILES string of the molecule is CCC[CH2][Sn]([CH2]CCC)([CH2]CCC)[C@]1([Si](C)(C)C)CO1. The van der Waals surface area contributed by atoms with E-state index >= 15 is 0 Å². The maximum atomic E-state index is 6.37. The van der Waals surface area contributed by atoms with Crippen molar-refractivity contribution in [3.63, 3.8) is 0 Å². The molecule has 0 bridgehead atoms. The van der Waals surface area contributed by atoms with Crippen LogP contribution in [-0.4, -0.2) is 36.3 Å². The summed E-state index contributed by atoms with van der Waals surface area (Å²) in [4.78, 5) is 0. The second kappa shape index (κ2) is 8.00. The van der Waals surface area contributed by atoms with Crippen molar-refractivity contribution in [2.24, 2.45) is 0 Å². The number of unbranched alkanes of at least 4 members (excludes halogenated alkanes) is 3. The third kappa shape index (κ3) is 4.04. The molecule has 1 heterocycles. The Labute approximate surface area is 133 Å². The van der Waals surface area contributed by atoms with Gasteiger partial charge in [0.15, 0.2) is 0 Å². The second-order valence-corrected chi connectivity index (χ2v) is 28.6. The number of ether oxygens (including phenoxy) is 1. The molecule has 1 nitrogen and oxygen atoms in total. The second-order valence-electron chi connectivity index (χ2n) is 7.96. The van der Waals surface area contributed by atoms with Crippen LogP contribution in [-0.2, 0) is 4.74 Å². The van der Waals surface area contributed by atoms with E-state index in [9.17, 15) is 0 Å². The van der Waals surface area contributed by atoms with Gasteiger partial charge < -0.3 is 0 Å². The molecule has 0 aromatic heterocycles. The van der Waals surface area contributed by atoms with Crippen molar-refractivity contribution in [2.45, 2.75) is 95.5 Å². The molecule has 1 aliphatic heterocycles. The van der Waals surface area contributed by atoms with Gasteiger partial charge in [0.1, 0.15) is 0 Å². The summed E-state index contributed by atoms with van der Waals surface area (Å²) in [5.74, 6) is 0. The molecule has 1 saturated heterocycles. The summed E-state index contributed by atoms with van der Waals surface area (Å²) < 4.78 is 11.7. The molecule has 0 amide bonds. The topological polar surface area (TPSA) is 12.5 Å². The zero-order valence-electron chi connectivity index (χ0n) is 15.0. The fourth-order valence-corrected chi connectivity index (χ4v) is 39.2. The van der Waals surface area contributed by atoms with Gasteiger partial charge in [-0.2, -0.15) is 0 Å². The van der Waals surface area contributed by atoms with Gasteiger partial charge in [-0.15, -0.1) is 0 Å². The van der Waals surface area contributed by atoms with E-state index in [-0.39, 0.29) is 0 Å². The fourth-order valence-electron chi connectivity index (χ4n) is 4.13. The van der Waals surface area contributed by atoms with E-state index in [4.69, 9.17) is 4.74 Å². The summed E-state index contributed by atoms with van der Waals surface area (Å²) in [6, 6.07) is 0. The molecule has 1 fully saturated rings. The predicted octanol–water partition coefficient (Wildman–Crippen LogP) is 6.02. The van der Waals surface area contributed by atoms with Gasteiger partial charge in [-0.3, -0.25) is 0 Å². The molecule has 0 N–H and O–H groups in total. The van der Waals surface area contributed by atoms with Crippen LogP contribution in [0, 0.1) is 0 Å². The summed E-state index contributed by atoms with van der Waals surface area (Å²) in [5.41, 5.74) is 0. The molecule has 0 spiro atoms. The van der Waals surface area contributed by atoms with Gasteiger partial charge >= 0.3 is 133 Å². The molecule has 20 heavy (non-hydrogen) atoms. The third-order valence-electron chi connectivity index (χ3n) is 5.53. The molecule has 0 aliphatic carbocycles. The Morgan fingerprint density at radius 2 is 1.20 bits per heavy atom. The molecule has 0 unspecified atom stereocenters. The number of hydrogen-bond acceptors (Lipinski definition) is 1. The van der Waals surface area contributed by atoms with E-state index in [1.54, 1.807) is 13.3 Å². The van der Waals surface area contributed by atoms with Crippen molar-refractivity contribution in [2.75, 3.05) is 6.61 Å². The van der Waals surface area contributed by atoms with Crippen LogP contribution in [0.25, 0.3) is 0 Å². The average Bonchev–Trinajstić information content (AvgIpc) is 3.20. The van der Waals surface area contributed by atoms with Crippen LogP contribution in [0.3, 0.4) is 0 Å². The maximum absolute atomic E-state index is 6.37. The Morgan fingerprint density at radius 3 is 1.40 bits per heavy atom. The molecule has 3 heteroatoms. The zero-order chi connectivity index (χ0) is 15.3. The summed E-state index contributed by atoms with van der Waals surface area (Å²) in [6.07, 6.45) is 8.54. The summed E-state index contributed by atoms with van der Waals surface area (Å²) >= 11 is -2.17. The molecule has 0 saturated carbocycles. The van der Waals surface area contributed by atoms with Crippen LogP contribution in [0.5, 0.6) is 0 Å². The molecule has 1 rings (SSSR count). The van der Waals surface area contributed by atoms with Gasteiger partial charge in [-0.25, -0.2) is 0 Å². The van der Waals surface area contributed by atoms with Crippen molar-refractivity contribution in [3.8, 4) is 0 Å². The van der Waals surface area contributed by atoms with Crippen LogP contribution >= 0.6 is 0 Å². The van der Waals surface area contributed by atoms with Crippen LogP contribution in [0.15, 0.2) is 0 Å². The van der Waals surface area contributed by atoms with Gasteiger partial charge in [0.25, 0.3) is 0 Å². The van der Waals surface area contributed by atoms with E-state index in [0.717, 1.165) is 6.61 Å². The van der Waals surface area contributed by atoms with Gasteiger partial charge in [0.05, 0.1) is 0 Å². The average molecular weight is 405 g/mol. The Kier molecular flexibility index (Phi) is 7.61. The number of rotatable bonds is 11. The molecule has 1 atom stereocenters. The van der Waals surface area contributed by atoms with Crippen molar-refractivity contribution in [1.82, 2.24) is 0 Å². The van der Waals surface area contributed by atoms with Crippen LogP contribution in [0.2, 0.25) is 33.0 Å². The third-order valence-corrected chi connectivity index (χ3v) is 35.2. The van der Waals surface area contributed by atoms with E-state index in [1.165, 1.54) is 38.5 Å². The van der Waals surface area contributed by atoms with E-state index in [1.807, 2.05) is 0 Å². The quantitative estimate of drug-likeness (QED) is 0.303. The molecule has 0 radical (unpaired) electrons. The Morgan fingerprint density at radius 1 is 0.850 bits per heavy atom. The predicted molar refractivity (Wildman–Crippen MR) is 96.9 cm³/mol. The molecule has 120 valence electrons. The minimum absolute atomic E-state index is 0.501. The molecule has 0 aromatic carbocycles. The van der Waals surface area contributed by atoms with Crippen LogP contribution in [0.4, 0.5) is 0 Å². The van der Waals surface area contributed by atoms with Gasteiger partial charge in [0.2, 0.25) is 0 Å². The van der Waals surface area contributed by atoms with Gasteiger partial charge in [0, 0.05) is 0 Å². The first-order chi connectivity index (χ1) is 9.39. The summed E-state index contributed by atoms with van der Waals surface area (Å²) in [5, 5.41) is 0. The Balaban J connectivity index is 3.00. The number of epoxide rings is 1. The zero-order valence-corrected chi connectivity index (χ0v) is 18.8. The first-order valence-corrected chi connectivity index (χ1v) is 20.0. The minimum atomic E-state index is -2.17. The Bertz CT molecular complexity index is 259. The van der Waals surface area contributed by atoms with E-state index in [2.05, 4.69) is 40.4 Å². The fraction of sp³-hybridized carbons (Fsp3) is 1.00. The van der Waals surface area contributed by atoms with Crippen LogP contribution in [0.1, 0.15) is 59.3 Å². The monoisotopic (exact) mass is 406 g/mol. The van der Waals surface area contributed by atoms with Crippen molar-refractivity contribution in [3.05, 3.63) is 0 Å². The molecule has 0 aromatic rings. The normalized spacial score (nSPS) is 23.1. The molecule has 1 aliphatic rings. The van der Waals surface area contributed by atoms with Crippen molar-refractivity contribution in [1.29, 1.82) is 0 Å². The molecular formula is C17H38OSiSn. The first kappa shape index (κ1) is 19.0. The molecular weight excluding hydrogens is 367 g/mol. The standard InChI is InChI=1S/C5H11OSi.3C4H9.Sn/c1-7(2,3)5-4-6-5;3*1-3-4-2;/h4H2,1-3H3;3*1,3-4H2,2H3;. The summed E-state index contributed by atoms with van der Waals surface area (Å²) in [6.45, 7) is 16.0. The van der Waals surface area contributed by atoms with Crippen LogP contribution < -0.4 is 0 Å². The van der Waals surface area contributed by atoms with Crippen molar-refractivity contribution < 1.29 is 4.74 Å².